The topological polar surface area (TPSA) is 55.4 Å². The fourth-order valence-electron chi connectivity index (χ4n) is 3.88. The van der Waals surface area contributed by atoms with Gasteiger partial charge in [0.1, 0.15) is 11.6 Å². The first kappa shape index (κ1) is 24.8. The second-order valence-corrected chi connectivity index (χ2v) is 8.93. The van der Waals surface area contributed by atoms with Crippen LogP contribution in [0.25, 0.3) is 10.8 Å². The van der Waals surface area contributed by atoms with Crippen LogP contribution in [0.15, 0.2) is 66.7 Å². The molecular weight excluding hydrogens is 465 g/mol. The predicted molar refractivity (Wildman–Crippen MR) is 142 cm³/mol. The Labute approximate surface area is 210 Å². The van der Waals surface area contributed by atoms with Gasteiger partial charge in [-0.25, -0.2) is 9.37 Å². The minimum absolute atomic E-state index is 0.114. The summed E-state index contributed by atoms with van der Waals surface area (Å²) in [7, 11) is 1.66. The number of aromatic nitrogens is 1. The Morgan fingerprint density at radius 1 is 0.971 bits per heavy atom. The third kappa shape index (κ3) is 6.21. The number of ether oxygens (including phenoxy) is 2. The van der Waals surface area contributed by atoms with Gasteiger partial charge in [0.25, 0.3) is 0 Å². The quantitative estimate of drug-likeness (QED) is 0.229. The molecular formula is C28H29ClFN3O2. The van der Waals surface area contributed by atoms with Gasteiger partial charge in [-0.15, -0.1) is 0 Å². The van der Waals surface area contributed by atoms with E-state index in [4.69, 9.17) is 26.1 Å². The van der Waals surface area contributed by atoms with Gasteiger partial charge in [0.2, 0.25) is 0 Å². The van der Waals surface area contributed by atoms with E-state index in [1.54, 1.807) is 19.2 Å². The average molecular weight is 494 g/mol. The third-order valence-electron chi connectivity index (χ3n) is 5.47. The van der Waals surface area contributed by atoms with Gasteiger partial charge in [0.15, 0.2) is 11.6 Å². The molecule has 0 aliphatic rings. The van der Waals surface area contributed by atoms with E-state index < -0.39 is 5.82 Å². The smallest absolute Gasteiger partial charge is 0.167 e. The van der Waals surface area contributed by atoms with Crippen molar-refractivity contribution < 1.29 is 13.9 Å². The molecule has 0 fully saturated rings. The number of pyridine rings is 1. The molecule has 182 valence electrons. The number of fused-ring (bicyclic) bond motifs is 1. The summed E-state index contributed by atoms with van der Waals surface area (Å²) in [6.07, 6.45) is 0.514. The zero-order chi connectivity index (χ0) is 24.8. The fraction of sp³-hybridized carbons (Fsp3) is 0.250. The van der Waals surface area contributed by atoms with E-state index in [2.05, 4.69) is 16.7 Å². The highest BCUT2D eigenvalue weighted by Gasteiger charge is 2.16. The minimum atomic E-state index is -0.429. The summed E-state index contributed by atoms with van der Waals surface area (Å²) in [5.74, 6) is 1.18. The summed E-state index contributed by atoms with van der Waals surface area (Å²) < 4.78 is 25.5. The molecule has 1 heterocycles. The zero-order valence-electron chi connectivity index (χ0n) is 20.1. The summed E-state index contributed by atoms with van der Waals surface area (Å²) in [4.78, 5) is 4.92. The highest BCUT2D eigenvalue weighted by Crippen LogP contribution is 2.34. The maximum Gasteiger partial charge on any atom is 0.167 e. The SMILES string of the molecule is COCCNc1nc(Nc2ccc(OC(C)C)c(F)c2)c(Cc2ccc(Cl)cc2)c2ccccc12. The van der Waals surface area contributed by atoms with Crippen LogP contribution in [-0.2, 0) is 11.2 Å². The first-order valence-electron chi connectivity index (χ1n) is 11.6. The van der Waals surface area contributed by atoms with E-state index in [0.717, 1.165) is 27.7 Å². The molecule has 0 aliphatic carbocycles. The van der Waals surface area contributed by atoms with Crippen LogP contribution in [0.1, 0.15) is 25.0 Å². The molecule has 0 atom stereocenters. The number of methoxy groups -OCH3 is 1. The molecule has 0 bridgehead atoms. The highest BCUT2D eigenvalue weighted by molar-refractivity contribution is 6.30. The summed E-state index contributed by atoms with van der Waals surface area (Å²) in [6, 6.07) is 20.7. The van der Waals surface area contributed by atoms with Crippen molar-refractivity contribution in [2.45, 2.75) is 26.4 Å². The normalized spacial score (nSPS) is 11.1. The Morgan fingerprint density at radius 2 is 1.71 bits per heavy atom. The molecule has 0 radical (unpaired) electrons. The zero-order valence-corrected chi connectivity index (χ0v) is 20.8. The number of anilines is 3. The maximum absolute atomic E-state index is 14.7. The predicted octanol–water partition coefficient (Wildman–Crippen LogP) is 7.21. The monoisotopic (exact) mass is 493 g/mol. The molecule has 0 aliphatic heterocycles. The van der Waals surface area contributed by atoms with Crippen molar-refractivity contribution in [1.29, 1.82) is 0 Å². The average Bonchev–Trinajstić information content (AvgIpc) is 2.84. The number of hydrogen-bond acceptors (Lipinski definition) is 5. The number of hydrogen-bond donors (Lipinski definition) is 2. The van der Waals surface area contributed by atoms with Crippen molar-refractivity contribution in [2.24, 2.45) is 0 Å². The van der Waals surface area contributed by atoms with E-state index in [1.807, 2.05) is 56.3 Å². The lowest BCUT2D eigenvalue weighted by Gasteiger charge is -2.18. The summed E-state index contributed by atoms with van der Waals surface area (Å²) >= 11 is 6.10. The van der Waals surface area contributed by atoms with Crippen LogP contribution >= 0.6 is 11.6 Å². The van der Waals surface area contributed by atoms with Gasteiger partial charge in [0.05, 0.1) is 12.7 Å². The Hall–Kier alpha value is -3.35. The first-order valence-corrected chi connectivity index (χ1v) is 11.9. The molecule has 5 nitrogen and oxygen atoms in total. The Bertz CT molecular complexity index is 1300. The minimum Gasteiger partial charge on any atom is -0.488 e. The molecule has 7 heteroatoms. The van der Waals surface area contributed by atoms with Gasteiger partial charge >= 0.3 is 0 Å². The van der Waals surface area contributed by atoms with Gasteiger partial charge in [-0.05, 0) is 49.1 Å². The van der Waals surface area contributed by atoms with E-state index in [9.17, 15) is 4.39 Å². The van der Waals surface area contributed by atoms with Crippen molar-refractivity contribution >= 4 is 39.7 Å². The number of benzene rings is 3. The molecule has 35 heavy (non-hydrogen) atoms. The van der Waals surface area contributed by atoms with Gasteiger partial charge in [-0.2, -0.15) is 0 Å². The van der Waals surface area contributed by atoms with Crippen LogP contribution in [0, 0.1) is 5.82 Å². The van der Waals surface area contributed by atoms with Crippen molar-refractivity contribution in [3.8, 4) is 5.75 Å². The first-order chi connectivity index (χ1) is 16.9. The molecule has 0 saturated heterocycles. The van der Waals surface area contributed by atoms with Gasteiger partial charge in [0, 0.05) is 47.8 Å². The van der Waals surface area contributed by atoms with Crippen LogP contribution in [-0.4, -0.2) is 31.3 Å². The molecule has 0 saturated carbocycles. The number of nitrogens with zero attached hydrogens (tertiary/aromatic N) is 1. The van der Waals surface area contributed by atoms with Crippen molar-refractivity contribution in [3.05, 3.63) is 88.7 Å². The lowest BCUT2D eigenvalue weighted by Crippen LogP contribution is -2.11. The van der Waals surface area contributed by atoms with Crippen LogP contribution in [0.2, 0.25) is 5.02 Å². The van der Waals surface area contributed by atoms with Crippen molar-refractivity contribution in [1.82, 2.24) is 4.98 Å². The van der Waals surface area contributed by atoms with Gasteiger partial charge < -0.3 is 20.1 Å². The van der Waals surface area contributed by atoms with Crippen LogP contribution < -0.4 is 15.4 Å². The van der Waals surface area contributed by atoms with Crippen LogP contribution in [0.5, 0.6) is 5.75 Å². The molecule has 3 aromatic carbocycles. The van der Waals surface area contributed by atoms with E-state index in [0.29, 0.717) is 36.1 Å². The Kier molecular flexibility index (Phi) is 8.06. The molecule has 0 amide bonds. The van der Waals surface area contributed by atoms with Crippen molar-refractivity contribution in [2.75, 3.05) is 30.9 Å². The van der Waals surface area contributed by atoms with Crippen molar-refractivity contribution in [3.63, 3.8) is 0 Å². The molecule has 4 rings (SSSR count). The summed E-state index contributed by atoms with van der Waals surface area (Å²) in [5, 5.41) is 9.46. The van der Waals surface area contributed by atoms with Crippen LogP contribution in [0.4, 0.5) is 21.7 Å². The molecule has 4 aromatic rings. The molecule has 2 N–H and O–H groups in total. The highest BCUT2D eigenvalue weighted by atomic mass is 35.5. The second-order valence-electron chi connectivity index (χ2n) is 8.49. The lowest BCUT2D eigenvalue weighted by molar-refractivity contribution is 0.210. The standard InChI is InChI=1S/C28H29ClFN3O2/c1-18(2)35-26-13-12-21(17-25(26)30)32-28-24(16-19-8-10-20(29)11-9-19)22-6-4-5-7-23(22)27(33-28)31-14-15-34-3/h4-13,17-18H,14-16H2,1-3H3,(H2,31,32,33). The fourth-order valence-corrected chi connectivity index (χ4v) is 4.01. The summed E-state index contributed by atoms with van der Waals surface area (Å²) in [6.45, 7) is 4.89. The van der Waals surface area contributed by atoms with Crippen LogP contribution in [0.3, 0.4) is 0 Å². The number of nitrogens with one attached hydrogen (secondary N) is 2. The number of halogens is 2. The molecule has 0 unspecified atom stereocenters. The van der Waals surface area contributed by atoms with Gasteiger partial charge in [-0.3, -0.25) is 0 Å². The molecule has 0 spiro atoms. The Balaban J connectivity index is 1.78. The summed E-state index contributed by atoms with van der Waals surface area (Å²) in [5.41, 5.74) is 2.68. The van der Waals surface area contributed by atoms with E-state index in [1.165, 1.54) is 6.07 Å². The lowest BCUT2D eigenvalue weighted by atomic mass is 9.99. The maximum atomic E-state index is 14.7. The third-order valence-corrected chi connectivity index (χ3v) is 5.72. The Morgan fingerprint density at radius 3 is 2.40 bits per heavy atom. The second kappa shape index (κ2) is 11.4. The number of rotatable bonds is 10. The van der Waals surface area contributed by atoms with E-state index >= 15 is 0 Å². The largest absolute Gasteiger partial charge is 0.488 e. The van der Waals surface area contributed by atoms with Gasteiger partial charge in [-0.1, -0.05) is 48.0 Å². The van der Waals surface area contributed by atoms with E-state index in [-0.39, 0.29) is 11.9 Å². The molecule has 1 aromatic heterocycles.